The molecule has 3 N–H and O–H groups in total. The van der Waals surface area contributed by atoms with E-state index in [0.717, 1.165) is 5.56 Å². The molecule has 1 aromatic rings. The van der Waals surface area contributed by atoms with Crippen molar-refractivity contribution in [3.05, 3.63) is 33.8 Å². The molecule has 0 aromatic heterocycles. The number of nitrogens with zero attached hydrogens (tertiary/aromatic N) is 1. The number of piperidine rings is 1. The summed E-state index contributed by atoms with van der Waals surface area (Å²) in [7, 11) is 1.38. The fourth-order valence-corrected chi connectivity index (χ4v) is 3.80. The largest absolute Gasteiger partial charge is 0.490 e. The summed E-state index contributed by atoms with van der Waals surface area (Å²) in [5.41, 5.74) is 5.89. The summed E-state index contributed by atoms with van der Waals surface area (Å²) >= 11 is 16.3. The number of carbonyl (C=O) groups excluding carboxylic acids is 2. The maximum absolute atomic E-state index is 12.5. The van der Waals surface area contributed by atoms with Crippen LogP contribution in [0.2, 0.25) is 10.0 Å². The molecule has 0 spiro atoms. The molecule has 180 valence electrons. The molecule has 1 amide bonds. The van der Waals surface area contributed by atoms with E-state index in [2.05, 4.69) is 12.6 Å². The van der Waals surface area contributed by atoms with Gasteiger partial charge < -0.3 is 20.5 Å². The van der Waals surface area contributed by atoms with Crippen molar-refractivity contribution < 1.29 is 37.4 Å². The zero-order chi connectivity index (χ0) is 24.7. The summed E-state index contributed by atoms with van der Waals surface area (Å²) in [6, 6.07) is 4.61. The molecule has 0 radical (unpaired) electrons. The van der Waals surface area contributed by atoms with E-state index in [4.69, 9.17) is 43.6 Å². The first kappa shape index (κ1) is 28.3. The van der Waals surface area contributed by atoms with Gasteiger partial charge in [0.05, 0.1) is 18.6 Å². The first-order valence-electron chi connectivity index (χ1n) is 9.25. The minimum absolute atomic E-state index is 0.141. The van der Waals surface area contributed by atoms with E-state index in [0.29, 0.717) is 42.4 Å². The molecule has 0 unspecified atom stereocenters. The number of aliphatic carboxylic acids is 1. The van der Waals surface area contributed by atoms with Crippen LogP contribution >= 0.6 is 35.8 Å². The highest BCUT2D eigenvalue weighted by Gasteiger charge is 2.44. The average Bonchev–Trinajstić information content (AvgIpc) is 2.74. The molecule has 1 fully saturated rings. The fourth-order valence-electron chi connectivity index (χ4n) is 3.17. The first-order valence-corrected chi connectivity index (χ1v) is 10.6. The van der Waals surface area contributed by atoms with Crippen LogP contribution in [0.15, 0.2) is 18.2 Å². The highest BCUT2D eigenvalue weighted by Crippen LogP contribution is 2.38. The molecule has 2 rings (SSSR count). The maximum atomic E-state index is 12.5. The average molecular weight is 519 g/mol. The van der Waals surface area contributed by atoms with Crippen LogP contribution in [-0.4, -0.2) is 66.0 Å². The van der Waals surface area contributed by atoms with Gasteiger partial charge in [-0.05, 0) is 37.0 Å². The van der Waals surface area contributed by atoms with E-state index >= 15 is 0 Å². The lowest BCUT2D eigenvalue weighted by molar-refractivity contribution is -0.192. The van der Waals surface area contributed by atoms with Crippen molar-refractivity contribution >= 4 is 53.7 Å². The van der Waals surface area contributed by atoms with E-state index < -0.39 is 23.6 Å². The van der Waals surface area contributed by atoms with Crippen LogP contribution in [0.1, 0.15) is 18.4 Å². The van der Waals surface area contributed by atoms with Crippen LogP contribution in [0.25, 0.3) is 0 Å². The zero-order valence-electron chi connectivity index (χ0n) is 17.0. The number of likely N-dealkylation sites (tertiary alicyclic amines) is 1. The SMILES string of the molecule is COC(=O)C1(Cc2ccc(Cl)cc2Cl)CCN(C(=O)[C@@H](N)CS)CC1.O=C(O)C(F)(F)F. The standard InChI is InChI=1S/C17H22Cl2N2O3S.C2HF3O2/c1-24-16(23)17(9-11-2-3-12(18)8-13(11)19)4-6-21(7-5-17)15(22)14(20)10-25;3-2(4,5)1(6)7/h2-3,8,14,25H,4-7,9-10,20H2,1H3;(H,6,7)/t14-;/m0./s1. The number of ether oxygens (including phenoxy) is 1. The van der Waals surface area contributed by atoms with Gasteiger partial charge in [-0.1, -0.05) is 29.3 Å². The van der Waals surface area contributed by atoms with Gasteiger partial charge in [-0.3, -0.25) is 9.59 Å². The molecule has 0 bridgehead atoms. The number of hydrogen-bond acceptors (Lipinski definition) is 6. The van der Waals surface area contributed by atoms with Crippen molar-refractivity contribution in [2.45, 2.75) is 31.5 Å². The lowest BCUT2D eigenvalue weighted by Crippen LogP contribution is -2.52. The van der Waals surface area contributed by atoms with Gasteiger partial charge in [0.1, 0.15) is 0 Å². The summed E-state index contributed by atoms with van der Waals surface area (Å²) in [4.78, 5) is 35.3. The molecule has 7 nitrogen and oxygen atoms in total. The third kappa shape index (κ3) is 7.72. The van der Waals surface area contributed by atoms with E-state index in [1.54, 1.807) is 17.0 Å². The number of methoxy groups -OCH3 is 1. The molecule has 1 saturated heterocycles. The van der Waals surface area contributed by atoms with Crippen molar-refractivity contribution in [2.24, 2.45) is 11.1 Å². The van der Waals surface area contributed by atoms with Gasteiger partial charge >= 0.3 is 18.1 Å². The Labute approximate surface area is 198 Å². The summed E-state index contributed by atoms with van der Waals surface area (Å²) in [5, 5.41) is 8.19. The Morgan fingerprint density at radius 3 is 2.22 bits per heavy atom. The minimum atomic E-state index is -5.08. The van der Waals surface area contributed by atoms with Gasteiger partial charge in [0.2, 0.25) is 5.91 Å². The second-order valence-electron chi connectivity index (χ2n) is 7.10. The zero-order valence-corrected chi connectivity index (χ0v) is 19.4. The van der Waals surface area contributed by atoms with Gasteiger partial charge in [0, 0.05) is 28.9 Å². The van der Waals surface area contributed by atoms with E-state index in [9.17, 15) is 22.8 Å². The van der Waals surface area contributed by atoms with Crippen LogP contribution in [0, 0.1) is 5.41 Å². The Hall–Kier alpha value is -1.69. The number of carbonyl (C=O) groups is 3. The third-order valence-electron chi connectivity index (χ3n) is 4.95. The molecule has 1 aliphatic rings. The van der Waals surface area contributed by atoms with E-state index in [1.165, 1.54) is 7.11 Å². The molecule has 0 saturated carbocycles. The second-order valence-corrected chi connectivity index (χ2v) is 8.31. The van der Waals surface area contributed by atoms with Crippen molar-refractivity contribution in [3.8, 4) is 0 Å². The van der Waals surface area contributed by atoms with Crippen molar-refractivity contribution in [3.63, 3.8) is 0 Å². The van der Waals surface area contributed by atoms with Crippen molar-refractivity contribution in [1.82, 2.24) is 4.90 Å². The predicted molar refractivity (Wildman–Crippen MR) is 116 cm³/mol. The topological polar surface area (TPSA) is 110 Å². The third-order valence-corrected chi connectivity index (χ3v) is 5.93. The van der Waals surface area contributed by atoms with Gasteiger partial charge in [-0.15, -0.1) is 0 Å². The molecule has 13 heteroatoms. The van der Waals surface area contributed by atoms with Crippen LogP contribution in [-0.2, 0) is 25.5 Å². The highest BCUT2D eigenvalue weighted by atomic mass is 35.5. The molecule has 1 atom stereocenters. The van der Waals surface area contributed by atoms with Crippen LogP contribution in [0.4, 0.5) is 13.2 Å². The van der Waals surface area contributed by atoms with Crippen LogP contribution < -0.4 is 5.73 Å². The molecule has 1 heterocycles. The number of thiol groups is 1. The smallest absolute Gasteiger partial charge is 0.475 e. The number of benzene rings is 1. The van der Waals surface area contributed by atoms with E-state index in [-0.39, 0.29) is 17.6 Å². The molecular weight excluding hydrogens is 496 g/mol. The van der Waals surface area contributed by atoms with E-state index in [1.807, 2.05) is 6.07 Å². The number of halogens is 5. The Morgan fingerprint density at radius 2 is 1.81 bits per heavy atom. The monoisotopic (exact) mass is 518 g/mol. The maximum Gasteiger partial charge on any atom is 0.490 e. The number of alkyl halides is 3. The quantitative estimate of drug-likeness (QED) is 0.407. The normalized spacial score (nSPS) is 16.4. The fraction of sp³-hybridized carbons (Fsp3) is 0.526. The lowest BCUT2D eigenvalue weighted by atomic mass is 9.73. The summed E-state index contributed by atoms with van der Waals surface area (Å²) in [6.07, 6.45) is -3.66. The van der Waals surface area contributed by atoms with Crippen LogP contribution in [0.3, 0.4) is 0 Å². The van der Waals surface area contributed by atoms with Gasteiger partial charge in [-0.2, -0.15) is 25.8 Å². The Balaban J connectivity index is 0.000000633. The minimum Gasteiger partial charge on any atom is -0.475 e. The summed E-state index contributed by atoms with van der Waals surface area (Å²) < 4.78 is 36.8. The molecule has 1 aromatic carbocycles. The number of hydrogen-bond donors (Lipinski definition) is 3. The Morgan fingerprint density at radius 1 is 1.28 bits per heavy atom. The summed E-state index contributed by atoms with van der Waals surface area (Å²) in [5.74, 6) is -2.90. The van der Waals surface area contributed by atoms with Gasteiger partial charge in [0.15, 0.2) is 0 Å². The predicted octanol–water partition coefficient (Wildman–Crippen LogP) is 3.21. The molecule has 0 aliphatic carbocycles. The lowest BCUT2D eigenvalue weighted by Gasteiger charge is -2.40. The summed E-state index contributed by atoms with van der Waals surface area (Å²) in [6.45, 7) is 0.890. The molecule has 1 aliphatic heterocycles. The highest BCUT2D eigenvalue weighted by molar-refractivity contribution is 7.80. The second kappa shape index (κ2) is 12.0. The Kier molecular flexibility index (Phi) is 10.6. The number of carboxylic acid groups (broad SMARTS) is 1. The number of rotatable bonds is 5. The number of carboxylic acids is 1. The van der Waals surface area contributed by atoms with Gasteiger partial charge in [0.25, 0.3) is 0 Å². The van der Waals surface area contributed by atoms with Crippen molar-refractivity contribution in [1.29, 1.82) is 0 Å². The van der Waals surface area contributed by atoms with Gasteiger partial charge in [-0.25, -0.2) is 4.79 Å². The number of amides is 1. The molecule has 32 heavy (non-hydrogen) atoms. The number of esters is 1. The molecular formula is C19H23Cl2F3N2O5S. The Bertz CT molecular complexity index is 834. The van der Waals surface area contributed by atoms with Crippen LogP contribution in [0.5, 0.6) is 0 Å². The first-order chi connectivity index (χ1) is 14.8. The van der Waals surface area contributed by atoms with Crippen molar-refractivity contribution in [2.75, 3.05) is 26.0 Å². The number of nitrogens with two attached hydrogens (primary N) is 1.